The van der Waals surface area contributed by atoms with Gasteiger partial charge in [-0.3, -0.25) is 4.79 Å². The van der Waals surface area contributed by atoms with Gasteiger partial charge >= 0.3 is 0 Å². The topological polar surface area (TPSA) is 58.1 Å². The van der Waals surface area contributed by atoms with Crippen LogP contribution in [0.4, 0.5) is 11.6 Å². The standard InChI is InChI=1S/C17H21BrN4O/c1-3-8-22(9-4-2)16(23)13-11-19-17(20-12-13)21-15-7-5-6-14(18)10-15/h5-7,10-12H,3-4,8-9H2,1-2H3,(H,19,20,21). The van der Waals surface area contributed by atoms with Crippen LogP contribution >= 0.6 is 15.9 Å². The van der Waals surface area contributed by atoms with Gasteiger partial charge in [0, 0.05) is 35.6 Å². The molecule has 0 bridgehead atoms. The summed E-state index contributed by atoms with van der Waals surface area (Å²) >= 11 is 3.42. The zero-order valence-electron chi connectivity index (χ0n) is 13.4. The smallest absolute Gasteiger partial charge is 0.256 e. The van der Waals surface area contributed by atoms with Gasteiger partial charge in [-0.25, -0.2) is 9.97 Å². The monoisotopic (exact) mass is 376 g/mol. The third-order valence-electron chi connectivity index (χ3n) is 3.25. The van der Waals surface area contributed by atoms with Crippen molar-refractivity contribution >= 4 is 33.5 Å². The minimum atomic E-state index is -0.0114. The largest absolute Gasteiger partial charge is 0.339 e. The van der Waals surface area contributed by atoms with E-state index in [2.05, 4.69) is 45.1 Å². The first-order valence-corrected chi connectivity index (χ1v) is 8.57. The second-order valence-corrected chi connectivity index (χ2v) is 6.14. The van der Waals surface area contributed by atoms with Crippen molar-refractivity contribution < 1.29 is 4.79 Å². The van der Waals surface area contributed by atoms with Crippen LogP contribution in [0.15, 0.2) is 41.1 Å². The molecule has 2 aromatic rings. The number of benzene rings is 1. The first kappa shape index (κ1) is 17.4. The minimum absolute atomic E-state index is 0.0114. The van der Waals surface area contributed by atoms with Crippen LogP contribution in [-0.4, -0.2) is 33.9 Å². The molecule has 0 atom stereocenters. The highest BCUT2D eigenvalue weighted by atomic mass is 79.9. The van der Waals surface area contributed by atoms with Crippen molar-refractivity contribution in [2.75, 3.05) is 18.4 Å². The van der Waals surface area contributed by atoms with Crippen LogP contribution in [0, 0.1) is 0 Å². The number of anilines is 2. The van der Waals surface area contributed by atoms with E-state index >= 15 is 0 Å². The summed E-state index contributed by atoms with van der Waals surface area (Å²) in [6.07, 6.45) is 5.03. The molecule has 0 saturated heterocycles. The lowest BCUT2D eigenvalue weighted by Gasteiger charge is -2.21. The van der Waals surface area contributed by atoms with Crippen molar-refractivity contribution in [1.29, 1.82) is 0 Å². The molecule has 0 fully saturated rings. The molecule has 1 heterocycles. The number of nitrogens with zero attached hydrogens (tertiary/aromatic N) is 3. The van der Waals surface area contributed by atoms with Crippen molar-refractivity contribution in [3.05, 3.63) is 46.7 Å². The Morgan fingerprint density at radius 3 is 2.39 bits per heavy atom. The van der Waals surface area contributed by atoms with Crippen molar-refractivity contribution in [1.82, 2.24) is 14.9 Å². The Labute approximate surface area is 145 Å². The van der Waals surface area contributed by atoms with Gasteiger partial charge in [0.1, 0.15) is 0 Å². The van der Waals surface area contributed by atoms with E-state index in [1.165, 1.54) is 0 Å². The molecule has 0 unspecified atom stereocenters. The van der Waals surface area contributed by atoms with Crippen LogP contribution < -0.4 is 5.32 Å². The number of nitrogens with one attached hydrogen (secondary N) is 1. The van der Waals surface area contributed by atoms with Gasteiger partial charge in [-0.15, -0.1) is 0 Å². The van der Waals surface area contributed by atoms with Gasteiger partial charge in [0.05, 0.1) is 5.56 Å². The molecule has 1 amide bonds. The lowest BCUT2D eigenvalue weighted by atomic mass is 10.2. The van der Waals surface area contributed by atoms with Gasteiger partial charge in [0.15, 0.2) is 0 Å². The SMILES string of the molecule is CCCN(CCC)C(=O)c1cnc(Nc2cccc(Br)c2)nc1. The molecule has 6 heteroatoms. The second kappa shape index (κ2) is 8.62. The fourth-order valence-electron chi connectivity index (χ4n) is 2.24. The molecule has 0 radical (unpaired) electrons. The normalized spacial score (nSPS) is 10.4. The molecule has 0 spiro atoms. The summed E-state index contributed by atoms with van der Waals surface area (Å²) < 4.78 is 0.976. The molecule has 0 aliphatic rings. The lowest BCUT2D eigenvalue weighted by Crippen LogP contribution is -2.32. The molecule has 0 aliphatic heterocycles. The van der Waals surface area contributed by atoms with E-state index in [0.717, 1.165) is 36.1 Å². The molecule has 1 N–H and O–H groups in total. The quantitative estimate of drug-likeness (QED) is 0.784. The highest BCUT2D eigenvalue weighted by Crippen LogP contribution is 2.18. The Kier molecular flexibility index (Phi) is 6.52. The van der Waals surface area contributed by atoms with E-state index in [1.807, 2.05) is 29.2 Å². The summed E-state index contributed by atoms with van der Waals surface area (Å²) in [5, 5.41) is 3.11. The van der Waals surface area contributed by atoms with Crippen molar-refractivity contribution in [3.8, 4) is 0 Å². The number of aromatic nitrogens is 2. The molecule has 5 nitrogen and oxygen atoms in total. The van der Waals surface area contributed by atoms with E-state index in [4.69, 9.17) is 0 Å². The molecule has 23 heavy (non-hydrogen) atoms. The van der Waals surface area contributed by atoms with Crippen LogP contribution in [0.25, 0.3) is 0 Å². The van der Waals surface area contributed by atoms with Gasteiger partial charge in [0.25, 0.3) is 5.91 Å². The summed E-state index contributed by atoms with van der Waals surface area (Å²) in [6.45, 7) is 5.64. The number of amides is 1. The van der Waals surface area contributed by atoms with Crippen LogP contribution in [0.1, 0.15) is 37.0 Å². The maximum atomic E-state index is 12.5. The summed E-state index contributed by atoms with van der Waals surface area (Å²) in [4.78, 5) is 22.8. The van der Waals surface area contributed by atoms with Crippen LogP contribution in [0.5, 0.6) is 0 Å². The van der Waals surface area contributed by atoms with Crippen molar-refractivity contribution in [2.45, 2.75) is 26.7 Å². The Morgan fingerprint density at radius 1 is 1.17 bits per heavy atom. The van der Waals surface area contributed by atoms with Gasteiger partial charge in [-0.1, -0.05) is 35.8 Å². The number of carbonyl (C=O) groups excluding carboxylic acids is 1. The fourth-order valence-corrected chi connectivity index (χ4v) is 2.63. The van der Waals surface area contributed by atoms with E-state index in [-0.39, 0.29) is 5.91 Å². The molecule has 122 valence electrons. The lowest BCUT2D eigenvalue weighted by molar-refractivity contribution is 0.0755. The number of hydrogen-bond acceptors (Lipinski definition) is 4. The van der Waals surface area contributed by atoms with Gasteiger partial charge in [-0.2, -0.15) is 0 Å². The fraction of sp³-hybridized carbons (Fsp3) is 0.353. The molecule has 1 aromatic carbocycles. The third kappa shape index (κ3) is 5.03. The summed E-state index contributed by atoms with van der Waals surface area (Å²) in [5.41, 5.74) is 1.41. The molecule has 0 saturated carbocycles. The molecular formula is C17H21BrN4O. The zero-order valence-corrected chi connectivity index (χ0v) is 15.0. The molecule has 2 rings (SSSR count). The number of carbonyl (C=O) groups is 1. The summed E-state index contributed by atoms with van der Waals surface area (Å²) in [7, 11) is 0. The van der Waals surface area contributed by atoms with E-state index < -0.39 is 0 Å². The van der Waals surface area contributed by atoms with Gasteiger partial charge in [0.2, 0.25) is 5.95 Å². The van der Waals surface area contributed by atoms with Crippen LogP contribution in [-0.2, 0) is 0 Å². The van der Waals surface area contributed by atoms with Gasteiger partial charge in [-0.05, 0) is 31.0 Å². The van der Waals surface area contributed by atoms with E-state index in [9.17, 15) is 4.79 Å². The Hall–Kier alpha value is -1.95. The Bertz CT molecular complexity index is 639. The predicted octanol–water partition coefficient (Wildman–Crippen LogP) is 4.24. The second-order valence-electron chi connectivity index (χ2n) is 5.22. The molecular weight excluding hydrogens is 356 g/mol. The Morgan fingerprint density at radius 2 is 1.83 bits per heavy atom. The molecule has 1 aromatic heterocycles. The zero-order chi connectivity index (χ0) is 16.7. The van der Waals surface area contributed by atoms with Crippen LogP contribution in [0.2, 0.25) is 0 Å². The van der Waals surface area contributed by atoms with Crippen molar-refractivity contribution in [2.24, 2.45) is 0 Å². The van der Waals surface area contributed by atoms with E-state index in [1.54, 1.807) is 12.4 Å². The Balaban J connectivity index is 2.07. The number of rotatable bonds is 7. The minimum Gasteiger partial charge on any atom is -0.339 e. The predicted molar refractivity (Wildman–Crippen MR) is 95.9 cm³/mol. The first-order chi connectivity index (χ1) is 11.1. The average Bonchev–Trinajstić information content (AvgIpc) is 2.55. The van der Waals surface area contributed by atoms with Crippen LogP contribution in [0.3, 0.4) is 0 Å². The summed E-state index contributed by atoms with van der Waals surface area (Å²) in [5.74, 6) is 0.458. The third-order valence-corrected chi connectivity index (χ3v) is 3.75. The summed E-state index contributed by atoms with van der Waals surface area (Å²) in [6, 6.07) is 7.74. The maximum absolute atomic E-state index is 12.5. The number of hydrogen-bond donors (Lipinski definition) is 1. The average molecular weight is 377 g/mol. The molecule has 0 aliphatic carbocycles. The van der Waals surface area contributed by atoms with E-state index in [0.29, 0.717) is 11.5 Å². The van der Waals surface area contributed by atoms with Gasteiger partial charge < -0.3 is 10.2 Å². The number of halogens is 1. The van der Waals surface area contributed by atoms with Crippen molar-refractivity contribution in [3.63, 3.8) is 0 Å². The maximum Gasteiger partial charge on any atom is 0.256 e. The highest BCUT2D eigenvalue weighted by molar-refractivity contribution is 9.10. The first-order valence-electron chi connectivity index (χ1n) is 7.78. The highest BCUT2D eigenvalue weighted by Gasteiger charge is 2.15.